The van der Waals surface area contributed by atoms with E-state index in [1.165, 1.54) is 22.7 Å². The normalized spacial score (nSPS) is 15.6. The van der Waals surface area contributed by atoms with Crippen molar-refractivity contribution in [3.8, 4) is 5.69 Å². The molecule has 190 valence electrons. The van der Waals surface area contributed by atoms with Gasteiger partial charge in [0.05, 0.1) is 32.5 Å². The number of thiophene rings is 1. The lowest BCUT2D eigenvalue weighted by Gasteiger charge is -2.23. The number of esters is 1. The Morgan fingerprint density at radius 1 is 1.16 bits per heavy atom. The number of carbonyl (C=O) groups excluding carboxylic acids is 1. The number of allylic oxidation sites excluding steroid dienone is 1. The summed E-state index contributed by atoms with van der Waals surface area (Å²) in [5.41, 5.74) is 4.49. The Morgan fingerprint density at radius 3 is 2.62 bits per heavy atom. The highest BCUT2D eigenvalue weighted by atomic mass is 35.5. The van der Waals surface area contributed by atoms with Crippen molar-refractivity contribution < 1.29 is 9.53 Å². The molecule has 0 spiro atoms. The second kappa shape index (κ2) is 10.1. The Kier molecular flexibility index (Phi) is 7.02. The maximum absolute atomic E-state index is 13.8. The first kappa shape index (κ1) is 25.7. The molecule has 6 nitrogen and oxygen atoms in total. The fourth-order valence-corrected chi connectivity index (χ4v) is 6.76. The zero-order chi connectivity index (χ0) is 26.4. The minimum absolute atomic E-state index is 0.198. The fourth-order valence-electron chi connectivity index (χ4n) is 4.60. The average molecular weight is 573 g/mol. The number of thiazole rings is 1. The van der Waals surface area contributed by atoms with E-state index < -0.39 is 12.0 Å². The number of ether oxygens (including phenoxy) is 1. The first-order valence-corrected chi connectivity index (χ1v) is 14.0. The maximum atomic E-state index is 13.8. The first-order valence-electron chi connectivity index (χ1n) is 11.6. The van der Waals surface area contributed by atoms with Crippen molar-refractivity contribution in [1.82, 2.24) is 9.13 Å². The molecule has 0 fully saturated rings. The number of hydrogen-bond acceptors (Lipinski definition) is 6. The van der Waals surface area contributed by atoms with Crippen molar-refractivity contribution in [2.24, 2.45) is 4.99 Å². The number of benzene rings is 1. The summed E-state index contributed by atoms with van der Waals surface area (Å²) in [5.74, 6) is -0.457. The van der Waals surface area contributed by atoms with Gasteiger partial charge in [-0.05, 0) is 75.0 Å². The number of rotatable bonds is 5. The molecule has 10 heteroatoms. The molecular weight excluding hydrogens is 549 g/mol. The molecule has 1 aliphatic rings. The molecule has 4 heterocycles. The Labute approximate surface area is 231 Å². The van der Waals surface area contributed by atoms with E-state index in [-0.39, 0.29) is 12.2 Å². The summed E-state index contributed by atoms with van der Waals surface area (Å²) in [7, 11) is 0. The highest BCUT2D eigenvalue weighted by Gasteiger charge is 2.33. The molecule has 5 rings (SSSR count). The van der Waals surface area contributed by atoms with Gasteiger partial charge < -0.3 is 9.30 Å². The predicted octanol–water partition coefficient (Wildman–Crippen LogP) is 5.57. The molecule has 0 amide bonds. The van der Waals surface area contributed by atoms with Crippen molar-refractivity contribution in [1.29, 1.82) is 0 Å². The van der Waals surface area contributed by atoms with Crippen molar-refractivity contribution in [2.45, 2.75) is 33.7 Å². The first-order chi connectivity index (χ1) is 17.7. The minimum Gasteiger partial charge on any atom is -0.463 e. The summed E-state index contributed by atoms with van der Waals surface area (Å²) < 4.78 is 9.55. The number of aromatic nitrogens is 2. The summed E-state index contributed by atoms with van der Waals surface area (Å²) in [6, 6.07) is 10.8. The fraction of sp³-hybridized carbons (Fsp3) is 0.222. The van der Waals surface area contributed by atoms with Crippen LogP contribution in [0.3, 0.4) is 0 Å². The van der Waals surface area contributed by atoms with E-state index in [9.17, 15) is 9.59 Å². The number of halogens is 2. The van der Waals surface area contributed by atoms with Crippen LogP contribution < -0.4 is 14.9 Å². The topological polar surface area (TPSA) is 65.6 Å². The average Bonchev–Trinajstić information content (AvgIpc) is 3.55. The molecule has 0 radical (unpaired) electrons. The molecule has 0 unspecified atom stereocenters. The molecule has 1 aromatic carbocycles. The quantitative estimate of drug-likeness (QED) is 0.294. The second-order valence-electron chi connectivity index (χ2n) is 8.58. The highest BCUT2D eigenvalue weighted by molar-refractivity contribution is 7.10. The zero-order valence-corrected chi connectivity index (χ0v) is 23.7. The predicted molar refractivity (Wildman–Crippen MR) is 150 cm³/mol. The van der Waals surface area contributed by atoms with Gasteiger partial charge in [-0.15, -0.1) is 11.3 Å². The number of aryl methyl sites for hydroxylation is 1. The summed E-state index contributed by atoms with van der Waals surface area (Å²) >= 11 is 15.2. The van der Waals surface area contributed by atoms with E-state index in [1.54, 1.807) is 24.5 Å². The van der Waals surface area contributed by atoms with Crippen LogP contribution in [-0.4, -0.2) is 21.7 Å². The van der Waals surface area contributed by atoms with Crippen LogP contribution >= 0.6 is 45.9 Å². The molecular formula is C27H23Cl2N3O3S2. The number of nitrogens with zero attached hydrogens (tertiary/aromatic N) is 3. The van der Waals surface area contributed by atoms with Gasteiger partial charge >= 0.3 is 5.97 Å². The highest BCUT2D eigenvalue weighted by Crippen LogP contribution is 2.33. The summed E-state index contributed by atoms with van der Waals surface area (Å²) in [6.45, 7) is 7.79. The van der Waals surface area contributed by atoms with Crippen LogP contribution in [0.1, 0.15) is 41.7 Å². The van der Waals surface area contributed by atoms with E-state index in [4.69, 9.17) is 27.9 Å². The van der Waals surface area contributed by atoms with E-state index in [2.05, 4.69) is 9.56 Å². The summed E-state index contributed by atoms with van der Waals surface area (Å²) in [4.78, 5) is 32.8. The van der Waals surface area contributed by atoms with Crippen LogP contribution in [0.4, 0.5) is 0 Å². The Balaban J connectivity index is 1.67. The van der Waals surface area contributed by atoms with Crippen LogP contribution in [0.25, 0.3) is 11.8 Å². The van der Waals surface area contributed by atoms with Gasteiger partial charge in [-0.25, -0.2) is 9.79 Å². The third kappa shape index (κ3) is 4.52. The lowest BCUT2D eigenvalue weighted by atomic mass is 10.0. The summed E-state index contributed by atoms with van der Waals surface area (Å²) in [6.07, 6.45) is 1.88. The van der Waals surface area contributed by atoms with Crippen LogP contribution in [0.2, 0.25) is 10.0 Å². The third-order valence-electron chi connectivity index (χ3n) is 6.25. The monoisotopic (exact) mass is 571 g/mol. The zero-order valence-electron chi connectivity index (χ0n) is 20.5. The van der Waals surface area contributed by atoms with Gasteiger partial charge in [-0.3, -0.25) is 9.36 Å². The summed E-state index contributed by atoms with van der Waals surface area (Å²) in [5, 5.41) is 2.90. The van der Waals surface area contributed by atoms with Crippen molar-refractivity contribution in [3.63, 3.8) is 0 Å². The molecule has 4 aromatic rings. The third-order valence-corrected chi connectivity index (χ3v) is 8.89. The van der Waals surface area contributed by atoms with Crippen molar-refractivity contribution in [2.75, 3.05) is 6.61 Å². The maximum Gasteiger partial charge on any atom is 0.338 e. The van der Waals surface area contributed by atoms with Gasteiger partial charge in [0, 0.05) is 22.0 Å². The van der Waals surface area contributed by atoms with Gasteiger partial charge in [-0.2, -0.15) is 0 Å². The van der Waals surface area contributed by atoms with E-state index >= 15 is 0 Å². The molecule has 3 aromatic heterocycles. The van der Waals surface area contributed by atoms with Gasteiger partial charge in [0.2, 0.25) is 0 Å². The molecule has 0 aliphatic carbocycles. The standard InChI is InChI=1S/C27H23Cl2N3O3S2/c1-5-35-26(34)23-15(3)30-27-32(24(23)21-7-6-10-36-21)25(33)22(37-27)12-17-11-14(2)31(16(17)4)18-8-9-19(28)20(29)13-18/h6-13,24H,5H2,1-4H3/b22-12+/t24-/m0/s1. The van der Waals surface area contributed by atoms with Gasteiger partial charge in [0.15, 0.2) is 4.80 Å². The van der Waals surface area contributed by atoms with Crippen LogP contribution in [0.5, 0.6) is 0 Å². The van der Waals surface area contributed by atoms with E-state index in [1.807, 2.05) is 55.6 Å². The Hall–Kier alpha value is -2.91. The lowest BCUT2D eigenvalue weighted by molar-refractivity contribution is -0.139. The smallest absolute Gasteiger partial charge is 0.338 e. The van der Waals surface area contributed by atoms with Crippen LogP contribution in [0.15, 0.2) is 62.8 Å². The SMILES string of the molecule is CCOC(=O)C1=C(C)N=c2s/c(=C/c3cc(C)n(-c4ccc(Cl)c(Cl)c4)c3C)c(=O)n2[C@H]1c1cccs1. The van der Waals surface area contributed by atoms with Crippen LogP contribution in [-0.2, 0) is 9.53 Å². The molecule has 1 atom stereocenters. The molecule has 37 heavy (non-hydrogen) atoms. The molecule has 0 saturated carbocycles. The van der Waals surface area contributed by atoms with Gasteiger partial charge in [0.25, 0.3) is 5.56 Å². The van der Waals surface area contributed by atoms with Gasteiger partial charge in [0.1, 0.15) is 6.04 Å². The number of carbonyl (C=O) groups is 1. The molecule has 0 N–H and O–H groups in total. The number of fused-ring (bicyclic) bond motifs is 1. The van der Waals surface area contributed by atoms with Gasteiger partial charge in [-0.1, -0.05) is 40.6 Å². The molecule has 1 aliphatic heterocycles. The Bertz CT molecular complexity index is 1740. The van der Waals surface area contributed by atoms with Crippen LogP contribution in [0, 0.1) is 13.8 Å². The largest absolute Gasteiger partial charge is 0.463 e. The van der Waals surface area contributed by atoms with Crippen molar-refractivity contribution in [3.05, 3.63) is 105 Å². The van der Waals surface area contributed by atoms with E-state index in [0.717, 1.165) is 27.5 Å². The lowest BCUT2D eigenvalue weighted by Crippen LogP contribution is -2.39. The molecule has 0 saturated heterocycles. The Morgan fingerprint density at radius 2 is 1.95 bits per heavy atom. The van der Waals surface area contributed by atoms with Crippen molar-refractivity contribution >= 4 is 57.9 Å². The second-order valence-corrected chi connectivity index (χ2v) is 11.4. The number of hydrogen-bond donors (Lipinski definition) is 0. The molecule has 0 bridgehead atoms. The minimum atomic E-state index is -0.582. The van der Waals surface area contributed by atoms with E-state index in [0.29, 0.717) is 30.6 Å².